The number of hydrogen-bond acceptors (Lipinski definition) is 2. The van der Waals surface area contributed by atoms with Crippen LogP contribution in [0.2, 0.25) is 0 Å². The number of imidazole rings is 1. The highest BCUT2D eigenvalue weighted by Gasteiger charge is 2.21. The van der Waals surface area contributed by atoms with Gasteiger partial charge in [-0.1, -0.05) is 6.07 Å². The monoisotopic (exact) mass is 381 g/mol. The predicted molar refractivity (Wildman–Crippen MR) is 99.6 cm³/mol. The smallest absolute Gasteiger partial charge is 0.262 e. The van der Waals surface area contributed by atoms with Gasteiger partial charge in [-0.15, -0.1) is 0 Å². The van der Waals surface area contributed by atoms with Crippen molar-refractivity contribution in [2.75, 3.05) is 5.32 Å². The van der Waals surface area contributed by atoms with Crippen LogP contribution in [0.3, 0.4) is 0 Å². The van der Waals surface area contributed by atoms with Gasteiger partial charge in [0.2, 0.25) is 0 Å². The molecule has 0 fully saturated rings. The van der Waals surface area contributed by atoms with Crippen molar-refractivity contribution in [2.45, 2.75) is 6.92 Å². The molecule has 2 aromatic heterocycles. The maximum atomic E-state index is 14.0. The molecule has 1 amide bonds. The Bertz CT molecular complexity index is 1180. The van der Waals surface area contributed by atoms with E-state index in [9.17, 15) is 18.0 Å². The molecule has 0 saturated carbocycles. The number of nitrogens with zero attached hydrogens (tertiary/aromatic N) is 2. The molecule has 28 heavy (non-hydrogen) atoms. The van der Waals surface area contributed by atoms with Gasteiger partial charge < -0.3 is 5.32 Å². The second-order valence-electron chi connectivity index (χ2n) is 6.30. The van der Waals surface area contributed by atoms with E-state index in [1.807, 2.05) is 13.0 Å². The van der Waals surface area contributed by atoms with Crippen LogP contribution in [0.15, 0.2) is 60.8 Å². The Morgan fingerprint density at radius 3 is 2.36 bits per heavy atom. The van der Waals surface area contributed by atoms with Crippen LogP contribution in [0.5, 0.6) is 0 Å². The molecule has 2 heterocycles. The zero-order valence-electron chi connectivity index (χ0n) is 14.7. The van der Waals surface area contributed by atoms with E-state index in [4.69, 9.17) is 0 Å². The Kier molecular flexibility index (Phi) is 4.35. The molecule has 140 valence electrons. The molecule has 0 bridgehead atoms. The molecule has 0 saturated heterocycles. The van der Waals surface area contributed by atoms with Gasteiger partial charge in [0.1, 0.15) is 40.2 Å². The van der Waals surface area contributed by atoms with Crippen LogP contribution in [-0.4, -0.2) is 15.3 Å². The summed E-state index contributed by atoms with van der Waals surface area (Å²) < 4.78 is 42.9. The minimum Gasteiger partial charge on any atom is -0.306 e. The predicted octanol–water partition coefficient (Wildman–Crippen LogP) is 4.98. The first-order valence-electron chi connectivity index (χ1n) is 8.44. The largest absolute Gasteiger partial charge is 0.306 e. The molecule has 0 radical (unpaired) electrons. The Morgan fingerprint density at radius 1 is 1.00 bits per heavy atom. The lowest BCUT2D eigenvalue weighted by molar-refractivity contribution is 0.101. The molecular formula is C21H14F3N3O. The van der Waals surface area contributed by atoms with Crippen LogP contribution in [0.1, 0.15) is 15.9 Å². The number of fused-ring (bicyclic) bond motifs is 1. The lowest BCUT2D eigenvalue weighted by Gasteiger charge is -2.09. The highest BCUT2D eigenvalue weighted by Crippen LogP contribution is 2.30. The first-order valence-corrected chi connectivity index (χ1v) is 8.44. The number of anilines is 1. The van der Waals surface area contributed by atoms with E-state index in [-0.39, 0.29) is 5.82 Å². The van der Waals surface area contributed by atoms with E-state index in [0.717, 1.165) is 17.7 Å². The van der Waals surface area contributed by atoms with E-state index >= 15 is 0 Å². The number of halogens is 3. The number of hydrogen-bond donors (Lipinski definition) is 1. The highest BCUT2D eigenvalue weighted by atomic mass is 19.1. The molecule has 0 atom stereocenters. The van der Waals surface area contributed by atoms with Gasteiger partial charge in [-0.2, -0.15) is 0 Å². The van der Waals surface area contributed by atoms with Crippen molar-refractivity contribution in [1.29, 1.82) is 0 Å². The van der Waals surface area contributed by atoms with Crippen molar-refractivity contribution < 1.29 is 18.0 Å². The standard InChI is InChI=1S/C21H14F3N3O/c1-12-9-10-27-17(11-12)25-19(13-5-7-14(22)8-6-13)20(27)26-21(28)18-15(23)3-2-4-16(18)24/h2-11H,1H3,(H,26,28). The third-order valence-corrected chi connectivity index (χ3v) is 4.32. The molecule has 4 aromatic rings. The second-order valence-corrected chi connectivity index (χ2v) is 6.30. The van der Waals surface area contributed by atoms with Crippen molar-refractivity contribution in [3.63, 3.8) is 0 Å². The summed E-state index contributed by atoms with van der Waals surface area (Å²) in [7, 11) is 0. The summed E-state index contributed by atoms with van der Waals surface area (Å²) in [6.07, 6.45) is 1.69. The van der Waals surface area contributed by atoms with Crippen LogP contribution >= 0.6 is 0 Å². The SMILES string of the molecule is Cc1ccn2c(NC(=O)c3c(F)cccc3F)c(-c3ccc(F)cc3)nc2c1. The van der Waals surface area contributed by atoms with Gasteiger partial charge in [-0.3, -0.25) is 9.20 Å². The fourth-order valence-electron chi connectivity index (χ4n) is 2.96. The Hall–Kier alpha value is -3.61. The zero-order chi connectivity index (χ0) is 19.8. The van der Waals surface area contributed by atoms with Gasteiger partial charge >= 0.3 is 0 Å². The summed E-state index contributed by atoms with van der Waals surface area (Å²) in [6.45, 7) is 1.89. The van der Waals surface area contributed by atoms with Gasteiger partial charge in [0, 0.05) is 11.8 Å². The number of aryl methyl sites for hydroxylation is 1. The van der Waals surface area contributed by atoms with Crippen LogP contribution < -0.4 is 5.32 Å². The number of nitrogens with one attached hydrogen (secondary N) is 1. The molecule has 4 nitrogen and oxygen atoms in total. The first-order chi connectivity index (χ1) is 13.4. The molecule has 0 unspecified atom stereocenters. The number of amides is 1. The van der Waals surface area contributed by atoms with Crippen LogP contribution in [-0.2, 0) is 0 Å². The topological polar surface area (TPSA) is 46.4 Å². The molecule has 4 rings (SSSR count). The molecule has 0 spiro atoms. The van der Waals surface area contributed by atoms with E-state index in [2.05, 4.69) is 10.3 Å². The average molecular weight is 381 g/mol. The molecule has 7 heteroatoms. The minimum absolute atomic E-state index is 0.231. The number of pyridine rings is 1. The van der Waals surface area contributed by atoms with Crippen molar-refractivity contribution in [3.05, 3.63) is 89.4 Å². The summed E-state index contributed by atoms with van der Waals surface area (Å²) in [5.41, 5.74) is 1.70. The fraction of sp³-hybridized carbons (Fsp3) is 0.0476. The van der Waals surface area contributed by atoms with Crippen molar-refractivity contribution in [3.8, 4) is 11.3 Å². The van der Waals surface area contributed by atoms with Crippen molar-refractivity contribution in [1.82, 2.24) is 9.38 Å². The quantitative estimate of drug-likeness (QED) is 0.544. The first kappa shape index (κ1) is 17.8. The lowest BCUT2D eigenvalue weighted by atomic mass is 10.1. The van der Waals surface area contributed by atoms with E-state index in [1.165, 1.54) is 30.3 Å². The second kappa shape index (κ2) is 6.84. The van der Waals surface area contributed by atoms with Gasteiger partial charge in [0.15, 0.2) is 0 Å². The molecular weight excluding hydrogens is 367 g/mol. The van der Waals surface area contributed by atoms with Gasteiger partial charge in [0.25, 0.3) is 5.91 Å². The lowest BCUT2D eigenvalue weighted by Crippen LogP contribution is -2.17. The number of aromatic nitrogens is 2. The number of carbonyl (C=O) groups excluding carboxylic acids is 1. The normalized spacial score (nSPS) is 11.0. The Balaban J connectivity index is 1.86. The molecule has 2 aromatic carbocycles. The average Bonchev–Trinajstić information content (AvgIpc) is 2.99. The number of benzene rings is 2. The fourth-order valence-corrected chi connectivity index (χ4v) is 2.96. The zero-order valence-corrected chi connectivity index (χ0v) is 14.7. The number of rotatable bonds is 3. The van der Waals surface area contributed by atoms with E-state index in [1.54, 1.807) is 16.7 Å². The molecule has 0 aliphatic heterocycles. The molecule has 0 aliphatic rings. The molecule has 0 aliphatic carbocycles. The third-order valence-electron chi connectivity index (χ3n) is 4.32. The van der Waals surface area contributed by atoms with Crippen LogP contribution in [0.4, 0.5) is 19.0 Å². The Labute approximate surface area is 158 Å². The maximum Gasteiger partial charge on any atom is 0.262 e. The highest BCUT2D eigenvalue weighted by molar-refractivity contribution is 6.06. The van der Waals surface area contributed by atoms with Crippen LogP contribution in [0, 0.1) is 24.4 Å². The van der Waals surface area contributed by atoms with Crippen LogP contribution in [0.25, 0.3) is 16.9 Å². The maximum absolute atomic E-state index is 14.0. The van der Waals surface area contributed by atoms with E-state index < -0.39 is 28.9 Å². The van der Waals surface area contributed by atoms with Gasteiger partial charge in [-0.05, 0) is 61.0 Å². The Morgan fingerprint density at radius 2 is 1.68 bits per heavy atom. The minimum atomic E-state index is -0.967. The van der Waals surface area contributed by atoms with Gasteiger partial charge in [-0.25, -0.2) is 18.2 Å². The molecule has 1 N–H and O–H groups in total. The van der Waals surface area contributed by atoms with Crippen molar-refractivity contribution in [2.24, 2.45) is 0 Å². The summed E-state index contributed by atoms with van der Waals surface area (Å²) in [5.74, 6) is -3.06. The number of carbonyl (C=O) groups is 1. The summed E-state index contributed by atoms with van der Waals surface area (Å²) in [5, 5.41) is 2.55. The summed E-state index contributed by atoms with van der Waals surface area (Å²) in [4.78, 5) is 17.1. The van der Waals surface area contributed by atoms with Gasteiger partial charge in [0.05, 0.1) is 0 Å². The summed E-state index contributed by atoms with van der Waals surface area (Å²) in [6, 6.07) is 12.4. The van der Waals surface area contributed by atoms with Crippen molar-refractivity contribution >= 4 is 17.4 Å². The summed E-state index contributed by atoms with van der Waals surface area (Å²) >= 11 is 0. The van der Waals surface area contributed by atoms with E-state index in [0.29, 0.717) is 16.9 Å². The third kappa shape index (κ3) is 3.11.